The Bertz CT molecular complexity index is 934. The summed E-state index contributed by atoms with van der Waals surface area (Å²) in [4.78, 5) is 29.9. The van der Waals surface area contributed by atoms with Crippen molar-refractivity contribution in [1.82, 2.24) is 5.32 Å². The molecule has 0 aromatic heterocycles. The smallest absolute Gasteiger partial charge is 0.325 e. The van der Waals surface area contributed by atoms with Gasteiger partial charge in [-0.25, -0.2) is 4.79 Å². The molecule has 1 fully saturated rings. The lowest BCUT2D eigenvalue weighted by molar-refractivity contribution is -0.469. The Morgan fingerprint density at radius 2 is 2.00 bits per heavy atom. The number of nitrogens with one attached hydrogen (secondary N) is 1. The van der Waals surface area contributed by atoms with Crippen LogP contribution in [0.2, 0.25) is 0 Å². The zero-order valence-corrected chi connectivity index (χ0v) is 16.1. The average molecular weight is 378 g/mol. The van der Waals surface area contributed by atoms with Crippen molar-refractivity contribution >= 4 is 23.4 Å². The minimum absolute atomic E-state index is 0.00955. The van der Waals surface area contributed by atoms with Gasteiger partial charge in [0, 0.05) is 12.1 Å². The van der Waals surface area contributed by atoms with Crippen molar-refractivity contribution in [1.29, 1.82) is 0 Å². The molecule has 2 aliphatic carbocycles. The summed E-state index contributed by atoms with van der Waals surface area (Å²) in [6, 6.07) is 7.74. The Kier molecular flexibility index (Phi) is 4.94. The molecule has 1 aromatic rings. The molecule has 1 aliphatic heterocycles. The van der Waals surface area contributed by atoms with Crippen molar-refractivity contribution < 1.29 is 18.9 Å². The lowest BCUT2D eigenvalue weighted by atomic mass is 9.93. The molecule has 3 aliphatic rings. The number of hydrogen-bond donors (Lipinski definition) is 1. The van der Waals surface area contributed by atoms with Crippen LogP contribution in [-0.2, 0) is 16.1 Å². The molecule has 0 radical (unpaired) electrons. The van der Waals surface area contributed by atoms with Crippen LogP contribution in [0.25, 0.3) is 0 Å². The van der Waals surface area contributed by atoms with E-state index in [1.54, 1.807) is 20.1 Å². The molecule has 0 spiro atoms. The Labute approximate surface area is 164 Å². The molecule has 6 nitrogen and oxygen atoms in total. The normalized spacial score (nSPS) is 21.1. The number of rotatable bonds is 6. The molecule has 0 bridgehead atoms. The first-order valence-corrected chi connectivity index (χ1v) is 9.68. The summed E-state index contributed by atoms with van der Waals surface area (Å²) in [5, 5.41) is 2.83. The minimum Gasteiger partial charge on any atom is -0.497 e. The highest BCUT2D eigenvalue weighted by Gasteiger charge is 2.45. The summed E-state index contributed by atoms with van der Waals surface area (Å²) in [7, 11) is 1.64. The summed E-state index contributed by atoms with van der Waals surface area (Å²) in [5.41, 5.74) is 2.44. The topological polar surface area (TPSA) is 70.8 Å². The molecule has 28 heavy (non-hydrogen) atoms. The summed E-state index contributed by atoms with van der Waals surface area (Å²) < 4.78 is 7.02. The molecule has 1 aromatic carbocycles. The fourth-order valence-corrected chi connectivity index (χ4v) is 3.44. The first-order chi connectivity index (χ1) is 13.6. The van der Waals surface area contributed by atoms with Gasteiger partial charge in [-0.15, -0.1) is 0 Å². The van der Waals surface area contributed by atoms with Crippen LogP contribution < -0.4 is 10.1 Å². The Morgan fingerprint density at radius 1 is 1.25 bits per heavy atom. The number of allylic oxidation sites excluding steroid dienone is 2. The van der Waals surface area contributed by atoms with Crippen LogP contribution >= 0.6 is 0 Å². The maximum atomic E-state index is 13.3. The van der Waals surface area contributed by atoms with Gasteiger partial charge in [0.25, 0.3) is 0 Å². The van der Waals surface area contributed by atoms with Crippen molar-refractivity contribution in [3.8, 4) is 5.75 Å². The van der Waals surface area contributed by atoms with Crippen LogP contribution in [-0.4, -0.2) is 35.0 Å². The zero-order chi connectivity index (χ0) is 19.7. The number of aliphatic imine (C=N–C) groups is 1. The van der Waals surface area contributed by atoms with Gasteiger partial charge in [0.2, 0.25) is 5.91 Å². The van der Waals surface area contributed by atoms with E-state index in [-0.39, 0.29) is 11.8 Å². The summed E-state index contributed by atoms with van der Waals surface area (Å²) in [6.45, 7) is 2.28. The van der Waals surface area contributed by atoms with E-state index < -0.39 is 5.92 Å². The summed E-state index contributed by atoms with van der Waals surface area (Å²) in [5.74, 6) is 1.49. The quantitative estimate of drug-likeness (QED) is 0.774. The minimum atomic E-state index is -0.460. The summed E-state index contributed by atoms with van der Waals surface area (Å²) in [6.07, 6.45) is 8.01. The van der Waals surface area contributed by atoms with E-state index in [1.165, 1.54) is 0 Å². The predicted octanol–water partition coefficient (Wildman–Crippen LogP) is 2.59. The number of methoxy groups -OCH3 is 1. The van der Waals surface area contributed by atoms with E-state index in [4.69, 9.17) is 9.73 Å². The van der Waals surface area contributed by atoms with E-state index in [9.17, 15) is 9.59 Å². The standard InChI is InChI=1S/C22H23N3O3/c1-3-20(26)23-16-8-11-19-18(12-16)22(27)25(21(24-19)15-6-7-15)13-14-4-9-17(28-2)10-5-14/h4-5,8-12,15,18H,3,6-7,13H2,1-2H3/p+1. The number of ether oxygens (including phenoxy) is 1. The molecule has 1 saturated carbocycles. The number of fused-ring (bicyclic) bond motifs is 1. The Hall–Kier alpha value is -3.02. The molecule has 1 heterocycles. The predicted molar refractivity (Wildman–Crippen MR) is 106 cm³/mol. The number of amides is 2. The number of carbonyl (C=O) groups is 2. The lowest BCUT2D eigenvalue weighted by Crippen LogP contribution is -2.41. The molecule has 1 unspecified atom stereocenters. The largest absolute Gasteiger partial charge is 0.497 e. The van der Waals surface area contributed by atoms with Crippen LogP contribution in [0.1, 0.15) is 31.7 Å². The molecule has 0 saturated heterocycles. The maximum absolute atomic E-state index is 13.3. The first-order valence-electron chi connectivity index (χ1n) is 9.68. The highest BCUT2D eigenvalue weighted by Crippen LogP contribution is 2.34. The van der Waals surface area contributed by atoms with Gasteiger partial charge in [0.05, 0.1) is 13.0 Å². The Morgan fingerprint density at radius 3 is 2.64 bits per heavy atom. The highest BCUT2D eigenvalue weighted by molar-refractivity contribution is 6.17. The van der Waals surface area contributed by atoms with E-state index in [0.29, 0.717) is 24.6 Å². The number of nitrogens with zero attached hydrogens (tertiary/aromatic N) is 2. The highest BCUT2D eigenvalue weighted by atomic mass is 16.5. The van der Waals surface area contributed by atoms with E-state index in [0.717, 1.165) is 35.7 Å². The second-order valence-electron chi connectivity index (χ2n) is 7.28. The van der Waals surface area contributed by atoms with Gasteiger partial charge in [-0.2, -0.15) is 4.58 Å². The fourth-order valence-electron chi connectivity index (χ4n) is 3.44. The molecular formula is C22H24N3O3+. The number of amidine groups is 1. The average Bonchev–Trinajstić information content (AvgIpc) is 3.56. The van der Waals surface area contributed by atoms with Crippen molar-refractivity contribution in [3.63, 3.8) is 0 Å². The van der Waals surface area contributed by atoms with Gasteiger partial charge in [-0.3, -0.25) is 4.79 Å². The monoisotopic (exact) mass is 378 g/mol. The lowest BCUT2D eigenvalue weighted by Gasteiger charge is -2.20. The molecule has 6 heteroatoms. The number of carbonyl (C=O) groups excluding carboxylic acids is 2. The molecule has 144 valence electrons. The van der Waals surface area contributed by atoms with E-state index in [1.807, 2.05) is 41.0 Å². The third-order valence-electron chi connectivity index (χ3n) is 5.20. The van der Waals surface area contributed by atoms with Crippen LogP contribution in [0, 0.1) is 11.8 Å². The number of hydrogen-bond acceptors (Lipinski definition) is 4. The molecule has 2 amide bonds. The van der Waals surface area contributed by atoms with Crippen molar-refractivity contribution in [2.75, 3.05) is 7.11 Å². The van der Waals surface area contributed by atoms with Crippen molar-refractivity contribution in [2.24, 2.45) is 16.8 Å². The first kappa shape index (κ1) is 18.3. The van der Waals surface area contributed by atoms with Crippen LogP contribution in [0.4, 0.5) is 0 Å². The van der Waals surface area contributed by atoms with Crippen LogP contribution in [0.15, 0.2) is 53.2 Å². The van der Waals surface area contributed by atoms with E-state index >= 15 is 0 Å². The van der Waals surface area contributed by atoms with Gasteiger partial charge < -0.3 is 10.1 Å². The van der Waals surface area contributed by atoms with Gasteiger partial charge in [-0.05, 0) is 53.8 Å². The second kappa shape index (κ2) is 7.54. The Balaban J connectivity index is 1.64. The SMILES string of the molecule is CCC(=O)NC1=CC2C(=O)[N+](Cc3ccc(OC)cc3)=C(C3CC3)N=C2C=C1. The summed E-state index contributed by atoms with van der Waals surface area (Å²) >= 11 is 0. The number of benzene rings is 1. The van der Waals surface area contributed by atoms with Gasteiger partial charge >= 0.3 is 11.7 Å². The second-order valence-corrected chi connectivity index (χ2v) is 7.28. The maximum Gasteiger partial charge on any atom is 0.325 e. The molecular weight excluding hydrogens is 354 g/mol. The third-order valence-corrected chi connectivity index (χ3v) is 5.20. The third kappa shape index (κ3) is 3.67. The van der Waals surface area contributed by atoms with E-state index in [2.05, 4.69) is 5.32 Å². The van der Waals surface area contributed by atoms with Crippen LogP contribution in [0.3, 0.4) is 0 Å². The van der Waals surface area contributed by atoms with Gasteiger partial charge in [-0.1, -0.05) is 19.1 Å². The van der Waals surface area contributed by atoms with Gasteiger partial charge in [0.15, 0.2) is 5.71 Å². The molecule has 1 N–H and O–H groups in total. The van der Waals surface area contributed by atoms with Gasteiger partial charge in [0.1, 0.15) is 18.2 Å². The zero-order valence-electron chi connectivity index (χ0n) is 16.1. The fraction of sp³-hybridized carbons (Fsp3) is 0.364. The molecule has 4 rings (SSSR count). The van der Waals surface area contributed by atoms with Crippen molar-refractivity contribution in [3.05, 3.63) is 53.8 Å². The van der Waals surface area contributed by atoms with Crippen LogP contribution in [0.5, 0.6) is 5.75 Å². The van der Waals surface area contributed by atoms with Crippen molar-refractivity contribution in [2.45, 2.75) is 32.7 Å². The molecule has 1 atom stereocenters.